The minimum Gasteiger partial charge on any atom is -0.316 e. The first kappa shape index (κ1) is 15.5. The van der Waals surface area contributed by atoms with E-state index in [-0.39, 0.29) is 17.5 Å². The van der Waals surface area contributed by atoms with Crippen LogP contribution in [0.3, 0.4) is 0 Å². The first-order valence-corrected chi connectivity index (χ1v) is 9.34. The summed E-state index contributed by atoms with van der Waals surface area (Å²) in [6, 6.07) is 9.56. The Morgan fingerprint density at radius 1 is 1.15 bits per heavy atom. The van der Waals surface area contributed by atoms with Gasteiger partial charge in [-0.3, -0.25) is 0 Å². The number of benzene rings is 1. The molecule has 1 aliphatic carbocycles. The van der Waals surface area contributed by atoms with E-state index < -0.39 is 9.84 Å². The van der Waals surface area contributed by atoms with E-state index in [1.807, 2.05) is 37.4 Å². The van der Waals surface area contributed by atoms with Gasteiger partial charge in [-0.2, -0.15) is 0 Å². The van der Waals surface area contributed by atoms with Crippen LogP contribution >= 0.6 is 0 Å². The van der Waals surface area contributed by atoms with Crippen LogP contribution in [-0.4, -0.2) is 27.3 Å². The zero-order valence-electron chi connectivity index (χ0n) is 12.2. The minimum absolute atomic E-state index is 0.101. The fourth-order valence-electron chi connectivity index (χ4n) is 3.15. The number of hydrogen-bond donors (Lipinski definition) is 1. The van der Waals surface area contributed by atoms with Crippen molar-refractivity contribution in [3.05, 3.63) is 35.9 Å². The molecule has 1 saturated carbocycles. The highest BCUT2D eigenvalue weighted by Gasteiger charge is 2.27. The Labute approximate surface area is 122 Å². The first-order chi connectivity index (χ1) is 9.61. The average molecular weight is 295 g/mol. The third-order valence-electron chi connectivity index (χ3n) is 4.25. The Bertz CT molecular complexity index is 492. The summed E-state index contributed by atoms with van der Waals surface area (Å²) in [5.41, 5.74) is 0.881. The van der Waals surface area contributed by atoms with E-state index in [1.165, 1.54) is 19.3 Å². The van der Waals surface area contributed by atoms with Gasteiger partial charge in [-0.15, -0.1) is 0 Å². The van der Waals surface area contributed by atoms with Crippen LogP contribution in [0, 0.1) is 5.92 Å². The van der Waals surface area contributed by atoms with Crippen LogP contribution in [-0.2, 0) is 15.6 Å². The van der Waals surface area contributed by atoms with Gasteiger partial charge in [0.05, 0.1) is 11.5 Å². The van der Waals surface area contributed by atoms with Gasteiger partial charge in [-0.05, 0) is 31.4 Å². The third kappa shape index (κ3) is 4.60. The summed E-state index contributed by atoms with van der Waals surface area (Å²) in [6.45, 7) is 0. The Balaban J connectivity index is 1.98. The lowest BCUT2D eigenvalue weighted by Crippen LogP contribution is -2.40. The Kier molecular flexibility index (Phi) is 5.61. The Hall–Kier alpha value is -0.870. The standard InChI is InChI=1S/C16H25NO2S/c1-17-16(15-10-6-3-7-11-15)13-20(18,19)12-14-8-4-2-5-9-14/h2,4-5,8-9,15-17H,3,6-7,10-13H2,1H3. The molecule has 3 nitrogen and oxygen atoms in total. The summed E-state index contributed by atoms with van der Waals surface area (Å²) < 4.78 is 24.7. The molecule has 1 aromatic rings. The van der Waals surface area contributed by atoms with Crippen LogP contribution in [0.2, 0.25) is 0 Å². The first-order valence-electron chi connectivity index (χ1n) is 7.52. The van der Waals surface area contributed by atoms with Crippen molar-refractivity contribution in [2.45, 2.75) is 43.9 Å². The van der Waals surface area contributed by atoms with Crippen LogP contribution in [0.5, 0.6) is 0 Å². The summed E-state index contributed by atoms with van der Waals surface area (Å²) in [4.78, 5) is 0. The van der Waals surface area contributed by atoms with Crippen molar-refractivity contribution in [2.75, 3.05) is 12.8 Å². The summed E-state index contributed by atoms with van der Waals surface area (Å²) in [7, 11) is -1.17. The van der Waals surface area contributed by atoms with Gasteiger partial charge in [0.15, 0.2) is 9.84 Å². The molecule has 0 amide bonds. The Morgan fingerprint density at radius 2 is 1.80 bits per heavy atom. The molecule has 0 aliphatic heterocycles. The van der Waals surface area contributed by atoms with E-state index in [1.54, 1.807) is 0 Å². The van der Waals surface area contributed by atoms with E-state index in [0.29, 0.717) is 5.92 Å². The lowest BCUT2D eigenvalue weighted by molar-refractivity contribution is 0.292. The van der Waals surface area contributed by atoms with Crippen molar-refractivity contribution < 1.29 is 8.42 Å². The van der Waals surface area contributed by atoms with E-state index >= 15 is 0 Å². The van der Waals surface area contributed by atoms with Gasteiger partial charge in [0, 0.05) is 6.04 Å². The number of hydrogen-bond acceptors (Lipinski definition) is 3. The monoisotopic (exact) mass is 295 g/mol. The van der Waals surface area contributed by atoms with Gasteiger partial charge in [0.1, 0.15) is 0 Å². The molecule has 1 aromatic carbocycles. The molecule has 0 heterocycles. The van der Waals surface area contributed by atoms with E-state index in [0.717, 1.165) is 18.4 Å². The molecular weight excluding hydrogens is 270 g/mol. The molecule has 0 spiro atoms. The van der Waals surface area contributed by atoms with Crippen molar-refractivity contribution in [2.24, 2.45) is 5.92 Å². The smallest absolute Gasteiger partial charge is 0.155 e. The molecule has 0 saturated heterocycles. The van der Waals surface area contributed by atoms with Crippen LogP contribution in [0.4, 0.5) is 0 Å². The number of rotatable bonds is 6. The fraction of sp³-hybridized carbons (Fsp3) is 0.625. The van der Waals surface area contributed by atoms with Crippen molar-refractivity contribution in [3.63, 3.8) is 0 Å². The van der Waals surface area contributed by atoms with Crippen LogP contribution in [0.1, 0.15) is 37.7 Å². The molecule has 2 rings (SSSR count). The normalized spacial score (nSPS) is 18.9. The zero-order chi connectivity index (χ0) is 14.4. The summed E-state index contributed by atoms with van der Waals surface area (Å²) in [5.74, 6) is 0.918. The number of nitrogens with one attached hydrogen (secondary N) is 1. The predicted octanol–water partition coefficient (Wildman–Crippen LogP) is 2.77. The highest BCUT2D eigenvalue weighted by molar-refractivity contribution is 7.90. The second-order valence-electron chi connectivity index (χ2n) is 5.83. The molecule has 0 radical (unpaired) electrons. The molecule has 1 aliphatic rings. The molecule has 1 atom stereocenters. The molecule has 0 bridgehead atoms. The van der Waals surface area contributed by atoms with Gasteiger partial charge >= 0.3 is 0 Å². The maximum atomic E-state index is 12.4. The average Bonchev–Trinajstić information content (AvgIpc) is 2.46. The molecular formula is C16H25NO2S. The second-order valence-corrected chi connectivity index (χ2v) is 7.94. The SMILES string of the molecule is CNC(CS(=O)(=O)Cc1ccccc1)C1CCCCC1. The van der Waals surface area contributed by atoms with Gasteiger partial charge < -0.3 is 5.32 Å². The minimum atomic E-state index is -3.06. The molecule has 0 aromatic heterocycles. The summed E-state index contributed by atoms with van der Waals surface area (Å²) >= 11 is 0. The van der Waals surface area contributed by atoms with E-state index in [4.69, 9.17) is 0 Å². The van der Waals surface area contributed by atoms with E-state index in [2.05, 4.69) is 5.32 Å². The van der Waals surface area contributed by atoms with Crippen LogP contribution < -0.4 is 5.32 Å². The lowest BCUT2D eigenvalue weighted by atomic mass is 9.84. The quantitative estimate of drug-likeness (QED) is 0.878. The highest BCUT2D eigenvalue weighted by atomic mass is 32.2. The largest absolute Gasteiger partial charge is 0.316 e. The van der Waals surface area contributed by atoms with Crippen molar-refractivity contribution in [1.29, 1.82) is 0 Å². The van der Waals surface area contributed by atoms with Crippen LogP contribution in [0.15, 0.2) is 30.3 Å². The maximum absolute atomic E-state index is 12.4. The number of sulfone groups is 1. The molecule has 20 heavy (non-hydrogen) atoms. The Morgan fingerprint density at radius 3 is 2.40 bits per heavy atom. The van der Waals surface area contributed by atoms with Gasteiger partial charge in [-0.1, -0.05) is 49.6 Å². The summed E-state index contributed by atoms with van der Waals surface area (Å²) in [5, 5.41) is 3.23. The van der Waals surface area contributed by atoms with Crippen molar-refractivity contribution in [1.82, 2.24) is 5.32 Å². The fourth-order valence-corrected chi connectivity index (χ4v) is 4.96. The molecule has 1 N–H and O–H groups in total. The van der Waals surface area contributed by atoms with Gasteiger partial charge in [0.2, 0.25) is 0 Å². The second kappa shape index (κ2) is 7.23. The van der Waals surface area contributed by atoms with Crippen molar-refractivity contribution in [3.8, 4) is 0 Å². The zero-order valence-corrected chi connectivity index (χ0v) is 13.0. The highest BCUT2D eigenvalue weighted by Crippen LogP contribution is 2.27. The molecule has 4 heteroatoms. The topological polar surface area (TPSA) is 46.2 Å². The third-order valence-corrected chi connectivity index (χ3v) is 5.89. The lowest BCUT2D eigenvalue weighted by Gasteiger charge is -2.29. The molecule has 1 unspecified atom stereocenters. The van der Waals surface area contributed by atoms with Crippen LogP contribution in [0.25, 0.3) is 0 Å². The predicted molar refractivity (Wildman–Crippen MR) is 83.4 cm³/mol. The van der Waals surface area contributed by atoms with Gasteiger partial charge in [0.25, 0.3) is 0 Å². The molecule has 112 valence electrons. The van der Waals surface area contributed by atoms with Gasteiger partial charge in [-0.25, -0.2) is 8.42 Å². The van der Waals surface area contributed by atoms with Crippen molar-refractivity contribution >= 4 is 9.84 Å². The van der Waals surface area contributed by atoms with E-state index in [9.17, 15) is 8.42 Å². The molecule has 1 fully saturated rings. The summed E-state index contributed by atoms with van der Waals surface area (Å²) in [6.07, 6.45) is 6.09. The maximum Gasteiger partial charge on any atom is 0.155 e.